The van der Waals surface area contributed by atoms with Crippen LogP contribution in [-0.2, 0) is 0 Å². The first kappa shape index (κ1) is 8.83. The molecule has 0 aromatic heterocycles. The normalized spacial score (nSPS) is 10.2. The zero-order valence-electron chi connectivity index (χ0n) is 6.86. The zero-order valence-corrected chi connectivity index (χ0v) is 6.86. The summed E-state index contributed by atoms with van der Waals surface area (Å²) in [5.74, 6) is 0. The number of hydrogen-bond donors (Lipinski definition) is 1. The van der Waals surface area contributed by atoms with Gasteiger partial charge >= 0.3 is 0 Å². The van der Waals surface area contributed by atoms with E-state index in [0.29, 0.717) is 16.8 Å². The third-order valence-corrected chi connectivity index (χ3v) is 1.55. The van der Waals surface area contributed by atoms with Gasteiger partial charge in [-0.3, -0.25) is 0 Å². The molecule has 0 bridgehead atoms. The van der Waals surface area contributed by atoms with Crippen molar-refractivity contribution in [3.8, 4) is 12.1 Å². The Morgan fingerprint density at radius 3 is 2.31 bits per heavy atom. The maximum atomic E-state index is 8.68. The van der Waals surface area contributed by atoms with Crippen molar-refractivity contribution in [2.45, 2.75) is 0 Å². The highest BCUT2D eigenvalue weighted by atomic mass is 14.5. The highest BCUT2D eigenvalue weighted by Gasteiger charge is 1.98. The first-order valence-corrected chi connectivity index (χ1v) is 3.63. The first-order chi connectivity index (χ1) is 6.27. The molecule has 3 heteroatoms. The van der Waals surface area contributed by atoms with Gasteiger partial charge in [-0.15, -0.1) is 0 Å². The molecule has 62 valence electrons. The molecule has 0 heterocycles. The van der Waals surface area contributed by atoms with Gasteiger partial charge in [0.1, 0.15) is 6.07 Å². The summed E-state index contributed by atoms with van der Waals surface area (Å²) in [5.41, 5.74) is 7.17. The van der Waals surface area contributed by atoms with E-state index in [1.54, 1.807) is 24.3 Å². The summed E-state index contributed by atoms with van der Waals surface area (Å²) in [6, 6.07) is 10.6. The molecule has 13 heavy (non-hydrogen) atoms. The summed E-state index contributed by atoms with van der Waals surface area (Å²) in [6.07, 6.45) is 1.21. The van der Waals surface area contributed by atoms with Crippen LogP contribution in [-0.4, -0.2) is 0 Å². The van der Waals surface area contributed by atoms with Crippen molar-refractivity contribution in [3.63, 3.8) is 0 Å². The number of nitrogen functional groups attached to an aromatic ring is 1. The summed E-state index contributed by atoms with van der Waals surface area (Å²) >= 11 is 0. The predicted molar refractivity (Wildman–Crippen MR) is 50.1 cm³/mol. The number of nitrogens with two attached hydrogens (primary N) is 1. The van der Waals surface area contributed by atoms with Crippen LogP contribution < -0.4 is 5.73 Å². The smallest absolute Gasteiger partial charge is 0.101 e. The Labute approximate surface area is 76.3 Å². The summed E-state index contributed by atoms with van der Waals surface area (Å²) in [5, 5.41) is 17.1. The second-order valence-corrected chi connectivity index (χ2v) is 2.42. The van der Waals surface area contributed by atoms with E-state index in [2.05, 4.69) is 0 Å². The Balaban J connectivity index is 3.10. The topological polar surface area (TPSA) is 73.6 Å². The van der Waals surface area contributed by atoms with Crippen molar-refractivity contribution in [1.29, 1.82) is 10.5 Å². The standard InChI is InChI=1S/C10H7N3/c11-6-5-9(7-12)8-1-3-10(13)4-2-8/h1-5H,13H2. The highest BCUT2D eigenvalue weighted by molar-refractivity contribution is 5.78. The fraction of sp³-hybridized carbons (Fsp3) is 0. The van der Waals surface area contributed by atoms with E-state index in [-0.39, 0.29) is 0 Å². The molecule has 0 fully saturated rings. The molecule has 0 amide bonds. The van der Waals surface area contributed by atoms with Gasteiger partial charge in [0.2, 0.25) is 0 Å². The van der Waals surface area contributed by atoms with Gasteiger partial charge in [0, 0.05) is 11.8 Å². The lowest BCUT2D eigenvalue weighted by Gasteiger charge is -1.97. The largest absolute Gasteiger partial charge is 0.399 e. The molecule has 2 N–H and O–H groups in total. The van der Waals surface area contributed by atoms with Gasteiger partial charge in [0.15, 0.2) is 0 Å². The van der Waals surface area contributed by atoms with Crippen molar-refractivity contribution in [3.05, 3.63) is 35.9 Å². The number of hydrogen-bond acceptors (Lipinski definition) is 3. The average Bonchev–Trinajstić information content (AvgIpc) is 2.16. The molecule has 0 saturated heterocycles. The molecule has 1 rings (SSSR count). The molecular formula is C10H7N3. The van der Waals surface area contributed by atoms with Crippen molar-refractivity contribution >= 4 is 11.3 Å². The third kappa shape index (κ3) is 2.08. The molecule has 1 aromatic carbocycles. The molecule has 0 saturated carbocycles. The van der Waals surface area contributed by atoms with Gasteiger partial charge in [-0.1, -0.05) is 12.1 Å². The Bertz CT molecular complexity index is 401. The molecule has 0 aliphatic carbocycles. The van der Waals surface area contributed by atoms with Gasteiger partial charge < -0.3 is 5.73 Å². The lowest BCUT2D eigenvalue weighted by Crippen LogP contribution is -1.85. The fourth-order valence-electron chi connectivity index (χ4n) is 0.907. The Morgan fingerprint density at radius 2 is 1.85 bits per heavy atom. The van der Waals surface area contributed by atoms with E-state index in [1.165, 1.54) is 6.08 Å². The maximum Gasteiger partial charge on any atom is 0.101 e. The van der Waals surface area contributed by atoms with Crippen molar-refractivity contribution in [1.82, 2.24) is 0 Å². The summed E-state index contributed by atoms with van der Waals surface area (Å²) in [4.78, 5) is 0. The van der Waals surface area contributed by atoms with Crippen LogP contribution >= 0.6 is 0 Å². The molecule has 0 aliphatic heterocycles. The zero-order chi connectivity index (χ0) is 9.68. The van der Waals surface area contributed by atoms with Crippen LogP contribution in [0.4, 0.5) is 5.69 Å². The lowest BCUT2D eigenvalue weighted by atomic mass is 10.1. The number of nitriles is 2. The van der Waals surface area contributed by atoms with E-state index in [1.807, 2.05) is 12.1 Å². The summed E-state index contributed by atoms with van der Waals surface area (Å²) < 4.78 is 0. The molecule has 0 unspecified atom stereocenters. The Kier molecular flexibility index (Phi) is 2.68. The van der Waals surface area contributed by atoms with Crippen molar-refractivity contribution in [2.24, 2.45) is 0 Å². The van der Waals surface area contributed by atoms with Gasteiger partial charge in [0.25, 0.3) is 0 Å². The lowest BCUT2D eigenvalue weighted by molar-refractivity contribution is 1.50. The number of nitrogens with zero attached hydrogens (tertiary/aromatic N) is 2. The van der Waals surface area contributed by atoms with Crippen LogP contribution in [0.5, 0.6) is 0 Å². The summed E-state index contributed by atoms with van der Waals surface area (Å²) in [7, 11) is 0. The van der Waals surface area contributed by atoms with E-state index in [4.69, 9.17) is 16.3 Å². The van der Waals surface area contributed by atoms with E-state index in [9.17, 15) is 0 Å². The van der Waals surface area contributed by atoms with Crippen LogP contribution in [0, 0.1) is 22.7 Å². The van der Waals surface area contributed by atoms with Crippen LogP contribution in [0.25, 0.3) is 5.57 Å². The van der Waals surface area contributed by atoms with E-state index >= 15 is 0 Å². The van der Waals surface area contributed by atoms with Crippen LogP contribution in [0.1, 0.15) is 5.56 Å². The van der Waals surface area contributed by atoms with Crippen LogP contribution in [0.2, 0.25) is 0 Å². The van der Waals surface area contributed by atoms with Gasteiger partial charge in [-0.25, -0.2) is 0 Å². The van der Waals surface area contributed by atoms with Crippen molar-refractivity contribution < 1.29 is 0 Å². The molecule has 0 spiro atoms. The minimum absolute atomic E-state index is 0.350. The van der Waals surface area contributed by atoms with Gasteiger partial charge in [-0.2, -0.15) is 10.5 Å². The van der Waals surface area contributed by atoms with E-state index < -0.39 is 0 Å². The molecule has 0 radical (unpaired) electrons. The van der Waals surface area contributed by atoms with Gasteiger partial charge in [0.05, 0.1) is 11.6 Å². The average molecular weight is 169 g/mol. The van der Waals surface area contributed by atoms with Crippen molar-refractivity contribution in [2.75, 3.05) is 5.73 Å². The Morgan fingerprint density at radius 1 is 1.23 bits per heavy atom. The SMILES string of the molecule is N#CC=C(C#N)c1ccc(N)cc1. The number of allylic oxidation sites excluding steroid dienone is 2. The molecule has 0 atom stereocenters. The Hall–Kier alpha value is -2.26. The molecule has 0 aliphatic rings. The predicted octanol–water partition coefficient (Wildman–Crippen LogP) is 1.70. The van der Waals surface area contributed by atoms with Crippen LogP contribution in [0.15, 0.2) is 30.3 Å². The number of anilines is 1. The summed E-state index contributed by atoms with van der Waals surface area (Å²) in [6.45, 7) is 0. The monoisotopic (exact) mass is 169 g/mol. The first-order valence-electron chi connectivity index (χ1n) is 3.63. The minimum Gasteiger partial charge on any atom is -0.399 e. The minimum atomic E-state index is 0.350. The number of rotatable bonds is 1. The second kappa shape index (κ2) is 3.94. The second-order valence-electron chi connectivity index (χ2n) is 2.42. The molecule has 3 nitrogen and oxygen atoms in total. The van der Waals surface area contributed by atoms with Crippen LogP contribution in [0.3, 0.4) is 0 Å². The van der Waals surface area contributed by atoms with Gasteiger partial charge in [-0.05, 0) is 17.7 Å². The highest BCUT2D eigenvalue weighted by Crippen LogP contribution is 2.14. The quantitative estimate of drug-likeness (QED) is 0.513. The fourth-order valence-corrected chi connectivity index (χ4v) is 0.907. The third-order valence-electron chi connectivity index (χ3n) is 1.55. The molecular weight excluding hydrogens is 162 g/mol. The molecule has 1 aromatic rings. The number of benzene rings is 1. The maximum absolute atomic E-state index is 8.68. The van der Waals surface area contributed by atoms with E-state index in [0.717, 1.165) is 0 Å².